The Labute approximate surface area is 76.9 Å². The standard InChI is InChI=1S/C8H15FN4/c1-2-7(10)8-6-13(12-11-8)5-3-4-9/h6-7H,2-5,10H2,1H3. The molecule has 0 saturated heterocycles. The third-order valence-electron chi connectivity index (χ3n) is 1.90. The van der Waals surface area contributed by atoms with Crippen molar-refractivity contribution in [3.05, 3.63) is 11.9 Å². The summed E-state index contributed by atoms with van der Waals surface area (Å²) in [6.45, 7) is 2.24. The summed E-state index contributed by atoms with van der Waals surface area (Å²) in [6.07, 6.45) is 3.09. The number of hydrogen-bond acceptors (Lipinski definition) is 3. The van der Waals surface area contributed by atoms with E-state index in [0.717, 1.165) is 12.1 Å². The second-order valence-electron chi connectivity index (χ2n) is 2.96. The first-order valence-corrected chi connectivity index (χ1v) is 4.49. The third kappa shape index (κ3) is 2.77. The van der Waals surface area contributed by atoms with E-state index in [-0.39, 0.29) is 12.7 Å². The molecule has 0 radical (unpaired) electrons. The molecule has 1 rings (SSSR count). The Bertz CT molecular complexity index is 248. The van der Waals surface area contributed by atoms with Crippen molar-refractivity contribution >= 4 is 0 Å². The summed E-state index contributed by atoms with van der Waals surface area (Å²) in [6, 6.07) is -0.0564. The van der Waals surface area contributed by atoms with E-state index in [9.17, 15) is 4.39 Å². The second-order valence-corrected chi connectivity index (χ2v) is 2.96. The molecule has 1 aromatic rings. The molecule has 1 unspecified atom stereocenters. The van der Waals surface area contributed by atoms with Crippen LogP contribution in [0.15, 0.2) is 6.20 Å². The van der Waals surface area contributed by atoms with E-state index in [1.807, 2.05) is 6.92 Å². The lowest BCUT2D eigenvalue weighted by atomic mass is 10.2. The van der Waals surface area contributed by atoms with Crippen molar-refractivity contribution in [1.29, 1.82) is 0 Å². The first-order valence-electron chi connectivity index (χ1n) is 4.49. The van der Waals surface area contributed by atoms with Crippen LogP contribution >= 0.6 is 0 Å². The maximum Gasteiger partial charge on any atom is 0.0993 e. The van der Waals surface area contributed by atoms with Crippen molar-refractivity contribution < 1.29 is 4.39 Å². The van der Waals surface area contributed by atoms with E-state index in [2.05, 4.69) is 10.3 Å². The predicted molar refractivity (Wildman–Crippen MR) is 47.8 cm³/mol. The van der Waals surface area contributed by atoms with Gasteiger partial charge in [0.15, 0.2) is 0 Å². The van der Waals surface area contributed by atoms with Gasteiger partial charge in [-0.1, -0.05) is 12.1 Å². The number of aromatic nitrogens is 3. The largest absolute Gasteiger partial charge is 0.323 e. The molecule has 0 saturated carbocycles. The van der Waals surface area contributed by atoms with Crippen LogP contribution in [0.4, 0.5) is 4.39 Å². The molecule has 1 heterocycles. The van der Waals surface area contributed by atoms with Gasteiger partial charge in [0.05, 0.1) is 24.6 Å². The molecule has 0 spiro atoms. The van der Waals surface area contributed by atoms with Crippen molar-refractivity contribution in [3.8, 4) is 0 Å². The fourth-order valence-corrected chi connectivity index (χ4v) is 1.02. The van der Waals surface area contributed by atoms with Gasteiger partial charge in [-0.05, 0) is 12.8 Å². The van der Waals surface area contributed by atoms with Crippen LogP contribution in [0.2, 0.25) is 0 Å². The van der Waals surface area contributed by atoms with E-state index >= 15 is 0 Å². The summed E-state index contributed by atoms with van der Waals surface area (Å²) < 4.78 is 13.5. The topological polar surface area (TPSA) is 56.7 Å². The SMILES string of the molecule is CCC(N)c1cn(CCCF)nn1. The summed E-state index contributed by atoms with van der Waals surface area (Å²) in [5.41, 5.74) is 6.53. The normalized spacial score (nSPS) is 13.2. The van der Waals surface area contributed by atoms with Gasteiger partial charge >= 0.3 is 0 Å². The Kier molecular flexibility index (Phi) is 3.82. The molecular weight excluding hydrogens is 171 g/mol. The minimum absolute atomic E-state index is 0.0564. The average molecular weight is 186 g/mol. The van der Waals surface area contributed by atoms with Crippen molar-refractivity contribution in [2.45, 2.75) is 32.4 Å². The molecule has 0 amide bonds. The molecule has 0 fully saturated rings. The lowest BCUT2D eigenvalue weighted by molar-refractivity contribution is 0.431. The molecule has 0 aliphatic rings. The second kappa shape index (κ2) is 4.91. The molecule has 0 aliphatic carbocycles. The van der Waals surface area contributed by atoms with E-state index in [1.54, 1.807) is 10.9 Å². The van der Waals surface area contributed by atoms with Gasteiger partial charge in [0, 0.05) is 6.54 Å². The quantitative estimate of drug-likeness (QED) is 0.747. The lowest BCUT2D eigenvalue weighted by Crippen LogP contribution is -2.08. The smallest absolute Gasteiger partial charge is 0.0993 e. The Morgan fingerprint density at radius 3 is 3.08 bits per heavy atom. The van der Waals surface area contributed by atoms with Gasteiger partial charge < -0.3 is 5.73 Å². The zero-order valence-electron chi connectivity index (χ0n) is 7.78. The van der Waals surface area contributed by atoms with Gasteiger partial charge in [0.1, 0.15) is 0 Å². The van der Waals surface area contributed by atoms with E-state index in [1.165, 1.54) is 0 Å². The molecule has 4 nitrogen and oxygen atoms in total. The number of nitrogens with two attached hydrogens (primary N) is 1. The van der Waals surface area contributed by atoms with Gasteiger partial charge in [-0.25, -0.2) is 0 Å². The summed E-state index contributed by atoms with van der Waals surface area (Å²) in [5.74, 6) is 0. The van der Waals surface area contributed by atoms with Crippen LogP contribution in [-0.2, 0) is 6.54 Å². The maximum atomic E-state index is 11.8. The summed E-state index contributed by atoms with van der Waals surface area (Å²) >= 11 is 0. The number of alkyl halides is 1. The predicted octanol–water partition coefficient (Wildman–Crippen LogP) is 1.05. The zero-order valence-corrected chi connectivity index (χ0v) is 7.78. The van der Waals surface area contributed by atoms with Gasteiger partial charge in [0.25, 0.3) is 0 Å². The summed E-state index contributed by atoms with van der Waals surface area (Å²) in [5, 5.41) is 7.75. The molecule has 74 valence electrons. The van der Waals surface area contributed by atoms with Crippen LogP contribution in [0, 0.1) is 0 Å². The summed E-state index contributed by atoms with van der Waals surface area (Å²) in [7, 11) is 0. The number of nitrogens with zero attached hydrogens (tertiary/aromatic N) is 3. The first-order chi connectivity index (χ1) is 6.27. The maximum absolute atomic E-state index is 11.8. The highest BCUT2D eigenvalue weighted by Crippen LogP contribution is 2.08. The Hall–Kier alpha value is -0.970. The van der Waals surface area contributed by atoms with Crippen molar-refractivity contribution in [3.63, 3.8) is 0 Å². The lowest BCUT2D eigenvalue weighted by Gasteiger charge is -2.01. The van der Waals surface area contributed by atoms with Crippen LogP contribution in [0.5, 0.6) is 0 Å². The highest BCUT2D eigenvalue weighted by atomic mass is 19.1. The molecule has 13 heavy (non-hydrogen) atoms. The van der Waals surface area contributed by atoms with Crippen LogP contribution < -0.4 is 5.73 Å². The van der Waals surface area contributed by atoms with Crippen molar-refractivity contribution in [2.24, 2.45) is 5.73 Å². The van der Waals surface area contributed by atoms with E-state index in [0.29, 0.717) is 13.0 Å². The fourth-order valence-electron chi connectivity index (χ4n) is 1.02. The van der Waals surface area contributed by atoms with Gasteiger partial charge in [-0.15, -0.1) is 5.10 Å². The minimum atomic E-state index is -0.324. The third-order valence-corrected chi connectivity index (χ3v) is 1.90. The van der Waals surface area contributed by atoms with Crippen LogP contribution in [0.3, 0.4) is 0 Å². The van der Waals surface area contributed by atoms with Crippen LogP contribution in [0.25, 0.3) is 0 Å². The van der Waals surface area contributed by atoms with Gasteiger partial charge in [-0.3, -0.25) is 9.07 Å². The molecular formula is C8H15FN4. The monoisotopic (exact) mass is 186 g/mol. The Morgan fingerprint density at radius 2 is 2.46 bits per heavy atom. The van der Waals surface area contributed by atoms with Crippen molar-refractivity contribution in [2.75, 3.05) is 6.67 Å². The highest BCUT2D eigenvalue weighted by molar-refractivity contribution is 4.98. The fraction of sp³-hybridized carbons (Fsp3) is 0.750. The molecule has 0 aromatic carbocycles. The molecule has 2 N–H and O–H groups in total. The van der Waals surface area contributed by atoms with Crippen molar-refractivity contribution in [1.82, 2.24) is 15.0 Å². The number of halogens is 1. The number of rotatable bonds is 5. The zero-order chi connectivity index (χ0) is 9.68. The molecule has 1 atom stereocenters. The van der Waals surface area contributed by atoms with Gasteiger partial charge in [-0.2, -0.15) is 0 Å². The van der Waals surface area contributed by atoms with E-state index in [4.69, 9.17) is 5.73 Å². The molecule has 0 bridgehead atoms. The number of hydrogen-bond donors (Lipinski definition) is 1. The minimum Gasteiger partial charge on any atom is -0.323 e. The molecule has 1 aromatic heterocycles. The highest BCUT2D eigenvalue weighted by Gasteiger charge is 2.07. The molecule has 5 heteroatoms. The van der Waals surface area contributed by atoms with Crippen LogP contribution in [-0.4, -0.2) is 21.7 Å². The number of aryl methyl sites for hydroxylation is 1. The Balaban J connectivity index is 2.53. The van der Waals surface area contributed by atoms with Gasteiger partial charge in [0.2, 0.25) is 0 Å². The Morgan fingerprint density at radius 1 is 1.69 bits per heavy atom. The van der Waals surface area contributed by atoms with E-state index < -0.39 is 0 Å². The first kappa shape index (κ1) is 10.1. The molecule has 0 aliphatic heterocycles. The average Bonchev–Trinajstić information content (AvgIpc) is 2.62. The summed E-state index contributed by atoms with van der Waals surface area (Å²) in [4.78, 5) is 0. The van der Waals surface area contributed by atoms with Crippen LogP contribution in [0.1, 0.15) is 31.5 Å².